The average Bonchev–Trinajstić information content (AvgIpc) is 2.74. The summed E-state index contributed by atoms with van der Waals surface area (Å²) >= 11 is 0. The largest absolute Gasteiger partial charge is 0.299 e. The van der Waals surface area contributed by atoms with Crippen LogP contribution in [0.2, 0.25) is 0 Å². The number of hydrogen-bond donors (Lipinski definition) is 0. The van der Waals surface area contributed by atoms with Crippen molar-refractivity contribution < 1.29 is 4.79 Å². The van der Waals surface area contributed by atoms with E-state index in [1.54, 1.807) is 0 Å². The Morgan fingerprint density at radius 2 is 1.93 bits per heavy atom. The fraction of sp³-hybridized carbons (Fsp3) is 0.929. The van der Waals surface area contributed by atoms with Crippen molar-refractivity contribution in [1.29, 1.82) is 0 Å². The maximum atomic E-state index is 11.9. The first-order valence-electron chi connectivity index (χ1n) is 6.84. The van der Waals surface area contributed by atoms with Crippen LogP contribution in [0.25, 0.3) is 0 Å². The van der Waals surface area contributed by atoms with E-state index < -0.39 is 0 Å². The van der Waals surface area contributed by atoms with E-state index in [1.807, 2.05) is 0 Å². The summed E-state index contributed by atoms with van der Waals surface area (Å²) in [6, 6.07) is 0. The summed E-state index contributed by atoms with van der Waals surface area (Å²) in [5.41, 5.74) is 0. The molecule has 0 aromatic heterocycles. The molecule has 2 saturated carbocycles. The minimum absolute atomic E-state index is 0.456. The minimum atomic E-state index is 0.456. The van der Waals surface area contributed by atoms with Crippen LogP contribution in [0.5, 0.6) is 0 Å². The molecule has 0 saturated heterocycles. The topological polar surface area (TPSA) is 17.1 Å². The zero-order chi connectivity index (χ0) is 10.7. The van der Waals surface area contributed by atoms with Crippen LogP contribution in [0, 0.1) is 17.8 Å². The first kappa shape index (κ1) is 11.2. The Kier molecular flexibility index (Phi) is 3.82. The lowest BCUT2D eigenvalue weighted by molar-refractivity contribution is -0.127. The van der Waals surface area contributed by atoms with Crippen molar-refractivity contribution in [2.75, 3.05) is 0 Å². The third-order valence-electron chi connectivity index (χ3n) is 4.47. The maximum absolute atomic E-state index is 11.9. The van der Waals surface area contributed by atoms with E-state index in [4.69, 9.17) is 0 Å². The van der Waals surface area contributed by atoms with Gasteiger partial charge < -0.3 is 0 Å². The molecule has 15 heavy (non-hydrogen) atoms. The number of Topliss-reactive ketones (excluding diaryl/α,β-unsaturated/α-hetero) is 1. The molecule has 0 radical (unpaired) electrons. The molecule has 0 amide bonds. The molecule has 86 valence electrons. The lowest BCUT2D eigenvalue weighted by atomic mass is 9.72. The van der Waals surface area contributed by atoms with Gasteiger partial charge >= 0.3 is 0 Å². The van der Waals surface area contributed by atoms with Gasteiger partial charge in [0.2, 0.25) is 0 Å². The van der Waals surface area contributed by atoms with Gasteiger partial charge in [-0.3, -0.25) is 4.79 Å². The second kappa shape index (κ2) is 5.14. The highest BCUT2D eigenvalue weighted by Crippen LogP contribution is 2.40. The summed E-state index contributed by atoms with van der Waals surface area (Å²) in [7, 11) is 0. The number of carbonyl (C=O) groups is 1. The monoisotopic (exact) mass is 208 g/mol. The molecule has 0 aromatic rings. The maximum Gasteiger partial charge on any atom is 0.136 e. The Morgan fingerprint density at radius 3 is 2.60 bits per heavy atom. The van der Waals surface area contributed by atoms with Crippen LogP contribution in [0.4, 0.5) is 0 Å². The summed E-state index contributed by atoms with van der Waals surface area (Å²) in [5, 5.41) is 0. The molecule has 2 rings (SSSR count). The molecular formula is C14H24O. The molecule has 2 fully saturated rings. The third-order valence-corrected chi connectivity index (χ3v) is 4.47. The first-order valence-corrected chi connectivity index (χ1v) is 6.84. The van der Waals surface area contributed by atoms with Crippen LogP contribution in [0.3, 0.4) is 0 Å². The molecule has 0 heterocycles. The smallest absolute Gasteiger partial charge is 0.136 e. The van der Waals surface area contributed by atoms with Crippen LogP contribution in [0.15, 0.2) is 0 Å². The van der Waals surface area contributed by atoms with Crippen LogP contribution >= 0.6 is 0 Å². The van der Waals surface area contributed by atoms with Crippen LogP contribution in [0.1, 0.15) is 64.7 Å². The van der Waals surface area contributed by atoms with Crippen molar-refractivity contribution in [3.05, 3.63) is 0 Å². The summed E-state index contributed by atoms with van der Waals surface area (Å²) in [5.74, 6) is 2.67. The minimum Gasteiger partial charge on any atom is -0.299 e. The van der Waals surface area contributed by atoms with Gasteiger partial charge in [-0.15, -0.1) is 0 Å². The molecule has 0 bridgehead atoms. The highest BCUT2D eigenvalue weighted by Gasteiger charge is 2.35. The number of hydrogen-bond acceptors (Lipinski definition) is 1. The van der Waals surface area contributed by atoms with Crippen molar-refractivity contribution in [1.82, 2.24) is 0 Å². The highest BCUT2D eigenvalue weighted by atomic mass is 16.1. The van der Waals surface area contributed by atoms with Crippen molar-refractivity contribution >= 4 is 5.78 Å². The molecule has 0 aliphatic heterocycles. The fourth-order valence-corrected chi connectivity index (χ4v) is 3.63. The van der Waals surface area contributed by atoms with Crippen molar-refractivity contribution in [3.8, 4) is 0 Å². The Morgan fingerprint density at radius 1 is 1.20 bits per heavy atom. The van der Waals surface area contributed by atoms with Crippen molar-refractivity contribution in [2.24, 2.45) is 17.8 Å². The van der Waals surface area contributed by atoms with Gasteiger partial charge in [-0.25, -0.2) is 0 Å². The van der Waals surface area contributed by atoms with Gasteiger partial charge in [-0.2, -0.15) is 0 Å². The predicted octanol–water partition coefficient (Wildman–Crippen LogP) is 3.96. The zero-order valence-corrected chi connectivity index (χ0v) is 10.0. The van der Waals surface area contributed by atoms with Crippen LogP contribution < -0.4 is 0 Å². The normalized spacial score (nSPS) is 33.5. The van der Waals surface area contributed by atoms with E-state index in [9.17, 15) is 4.79 Å². The van der Waals surface area contributed by atoms with Gasteiger partial charge in [0.05, 0.1) is 0 Å². The summed E-state index contributed by atoms with van der Waals surface area (Å²) in [6.07, 6.45) is 11.3. The van der Waals surface area contributed by atoms with Crippen LogP contribution in [-0.2, 0) is 4.79 Å². The molecule has 2 unspecified atom stereocenters. The van der Waals surface area contributed by atoms with Crippen molar-refractivity contribution in [3.63, 3.8) is 0 Å². The standard InChI is InChI=1S/C14H24O/c1-2-5-11-8-9-14(15)13(10-11)12-6-3-4-7-12/h11-13H,2-10H2,1H3. The van der Waals surface area contributed by atoms with Gasteiger partial charge in [0.1, 0.15) is 5.78 Å². The van der Waals surface area contributed by atoms with Crippen LogP contribution in [-0.4, -0.2) is 5.78 Å². The number of rotatable bonds is 3. The molecule has 0 aromatic carbocycles. The molecule has 2 aliphatic carbocycles. The molecular weight excluding hydrogens is 184 g/mol. The Hall–Kier alpha value is -0.330. The van der Waals surface area contributed by atoms with E-state index in [0.717, 1.165) is 18.3 Å². The number of ketones is 1. The SMILES string of the molecule is CCCC1CCC(=O)C(C2CCCC2)C1. The zero-order valence-electron chi connectivity index (χ0n) is 10.0. The fourth-order valence-electron chi connectivity index (χ4n) is 3.63. The van der Waals surface area contributed by atoms with E-state index in [0.29, 0.717) is 11.7 Å². The van der Waals surface area contributed by atoms with E-state index >= 15 is 0 Å². The van der Waals surface area contributed by atoms with E-state index in [-0.39, 0.29) is 0 Å². The van der Waals surface area contributed by atoms with E-state index in [1.165, 1.54) is 51.4 Å². The second-order valence-corrected chi connectivity index (χ2v) is 5.55. The van der Waals surface area contributed by atoms with Gasteiger partial charge in [0.15, 0.2) is 0 Å². The Labute approximate surface area is 93.6 Å². The van der Waals surface area contributed by atoms with Gasteiger partial charge in [0, 0.05) is 12.3 Å². The molecule has 0 spiro atoms. The molecule has 2 atom stereocenters. The third kappa shape index (κ3) is 2.62. The Balaban J connectivity index is 1.92. The van der Waals surface area contributed by atoms with Crippen molar-refractivity contribution in [2.45, 2.75) is 64.7 Å². The first-order chi connectivity index (χ1) is 7.31. The van der Waals surface area contributed by atoms with Gasteiger partial charge in [-0.1, -0.05) is 32.6 Å². The molecule has 2 aliphatic rings. The highest BCUT2D eigenvalue weighted by molar-refractivity contribution is 5.82. The predicted molar refractivity (Wildman–Crippen MR) is 62.7 cm³/mol. The summed E-state index contributed by atoms with van der Waals surface area (Å²) in [4.78, 5) is 11.9. The lowest BCUT2D eigenvalue weighted by Crippen LogP contribution is -2.29. The van der Waals surface area contributed by atoms with E-state index in [2.05, 4.69) is 6.92 Å². The second-order valence-electron chi connectivity index (χ2n) is 5.55. The molecule has 0 N–H and O–H groups in total. The molecule has 1 nitrogen and oxygen atoms in total. The quantitative estimate of drug-likeness (QED) is 0.686. The lowest BCUT2D eigenvalue weighted by Gasteiger charge is -2.31. The van der Waals surface area contributed by atoms with Gasteiger partial charge in [-0.05, 0) is 37.5 Å². The number of carbonyl (C=O) groups excluding carboxylic acids is 1. The average molecular weight is 208 g/mol. The van der Waals surface area contributed by atoms with Gasteiger partial charge in [0.25, 0.3) is 0 Å². The summed E-state index contributed by atoms with van der Waals surface area (Å²) in [6.45, 7) is 2.26. The Bertz CT molecular complexity index is 215. The molecule has 1 heteroatoms. The summed E-state index contributed by atoms with van der Waals surface area (Å²) < 4.78 is 0.